The molecule has 1 aromatic carbocycles. The molecule has 4 N–H and O–H groups in total. The Morgan fingerprint density at radius 3 is 2.07 bits per heavy atom. The number of rotatable bonds is 5. The summed E-state index contributed by atoms with van der Waals surface area (Å²) in [5.74, 6) is 1.49. The van der Waals surface area contributed by atoms with Gasteiger partial charge in [-0.3, -0.25) is 0 Å². The maximum atomic E-state index is 5.96. The zero-order valence-corrected chi connectivity index (χ0v) is 9.19. The summed E-state index contributed by atoms with van der Waals surface area (Å²) in [5, 5.41) is 0. The van der Waals surface area contributed by atoms with Crippen molar-refractivity contribution in [2.75, 3.05) is 20.8 Å². The SMILES string of the molecule is COc1cc(OC)cc([C@H](N)CCN)c1. The van der Waals surface area contributed by atoms with Crippen LogP contribution in [0.2, 0.25) is 0 Å². The van der Waals surface area contributed by atoms with Crippen molar-refractivity contribution in [2.45, 2.75) is 12.5 Å². The molecule has 0 amide bonds. The number of hydrogen-bond acceptors (Lipinski definition) is 4. The van der Waals surface area contributed by atoms with Crippen molar-refractivity contribution in [2.24, 2.45) is 11.5 Å². The second-order valence-corrected chi connectivity index (χ2v) is 3.33. The van der Waals surface area contributed by atoms with Crippen LogP contribution in [0.3, 0.4) is 0 Å². The van der Waals surface area contributed by atoms with E-state index in [0.717, 1.165) is 23.5 Å². The summed E-state index contributed by atoms with van der Waals surface area (Å²) >= 11 is 0. The molecule has 1 aromatic rings. The Labute approximate surface area is 90.2 Å². The van der Waals surface area contributed by atoms with Crippen molar-refractivity contribution in [1.82, 2.24) is 0 Å². The van der Waals surface area contributed by atoms with Crippen LogP contribution in [-0.2, 0) is 0 Å². The van der Waals surface area contributed by atoms with Gasteiger partial charge < -0.3 is 20.9 Å². The number of benzene rings is 1. The predicted molar refractivity (Wildman–Crippen MR) is 60.1 cm³/mol. The summed E-state index contributed by atoms with van der Waals surface area (Å²) in [6.45, 7) is 0.570. The van der Waals surface area contributed by atoms with E-state index < -0.39 is 0 Å². The van der Waals surface area contributed by atoms with Gasteiger partial charge in [-0.15, -0.1) is 0 Å². The van der Waals surface area contributed by atoms with Gasteiger partial charge in [-0.1, -0.05) is 0 Å². The number of nitrogens with two attached hydrogens (primary N) is 2. The van der Waals surface area contributed by atoms with Crippen molar-refractivity contribution in [1.29, 1.82) is 0 Å². The summed E-state index contributed by atoms with van der Waals surface area (Å²) < 4.78 is 10.3. The standard InChI is InChI=1S/C11H18N2O2/c1-14-9-5-8(11(13)3-4-12)6-10(7-9)15-2/h5-7,11H,3-4,12-13H2,1-2H3/t11-/m1/s1. The molecule has 0 spiro atoms. The first kappa shape index (κ1) is 11.8. The Morgan fingerprint density at radius 1 is 1.13 bits per heavy atom. The lowest BCUT2D eigenvalue weighted by molar-refractivity contribution is 0.392. The highest BCUT2D eigenvalue weighted by Crippen LogP contribution is 2.26. The largest absolute Gasteiger partial charge is 0.497 e. The maximum absolute atomic E-state index is 5.96. The van der Waals surface area contributed by atoms with Crippen LogP contribution in [0.1, 0.15) is 18.0 Å². The molecule has 4 nitrogen and oxygen atoms in total. The van der Waals surface area contributed by atoms with E-state index in [1.807, 2.05) is 18.2 Å². The van der Waals surface area contributed by atoms with E-state index in [9.17, 15) is 0 Å². The van der Waals surface area contributed by atoms with Crippen LogP contribution in [-0.4, -0.2) is 20.8 Å². The van der Waals surface area contributed by atoms with Crippen LogP contribution in [0.25, 0.3) is 0 Å². The Hall–Kier alpha value is -1.26. The lowest BCUT2D eigenvalue weighted by atomic mass is 10.0. The van der Waals surface area contributed by atoms with E-state index in [1.54, 1.807) is 14.2 Å². The molecule has 0 heterocycles. The molecule has 0 aliphatic carbocycles. The van der Waals surface area contributed by atoms with Crippen LogP contribution in [0, 0.1) is 0 Å². The van der Waals surface area contributed by atoms with Gasteiger partial charge >= 0.3 is 0 Å². The number of ether oxygens (including phenoxy) is 2. The van der Waals surface area contributed by atoms with Crippen LogP contribution in [0.5, 0.6) is 11.5 Å². The van der Waals surface area contributed by atoms with Crippen molar-refractivity contribution in [3.63, 3.8) is 0 Å². The van der Waals surface area contributed by atoms with Crippen LogP contribution in [0.4, 0.5) is 0 Å². The highest BCUT2D eigenvalue weighted by molar-refractivity contribution is 5.39. The van der Waals surface area contributed by atoms with E-state index in [2.05, 4.69) is 0 Å². The summed E-state index contributed by atoms with van der Waals surface area (Å²) in [5.41, 5.74) is 12.4. The molecule has 0 bridgehead atoms. The van der Waals surface area contributed by atoms with Gasteiger partial charge in [-0.05, 0) is 30.7 Å². The van der Waals surface area contributed by atoms with Crippen molar-refractivity contribution < 1.29 is 9.47 Å². The first-order valence-electron chi connectivity index (χ1n) is 4.90. The average molecular weight is 210 g/mol. The van der Waals surface area contributed by atoms with Crippen molar-refractivity contribution in [3.8, 4) is 11.5 Å². The van der Waals surface area contributed by atoms with Gasteiger partial charge in [-0.2, -0.15) is 0 Å². The summed E-state index contributed by atoms with van der Waals surface area (Å²) in [6.07, 6.45) is 0.746. The lowest BCUT2D eigenvalue weighted by Crippen LogP contribution is -2.15. The molecule has 0 aliphatic rings. The summed E-state index contributed by atoms with van der Waals surface area (Å²) in [7, 11) is 3.24. The number of methoxy groups -OCH3 is 2. The molecule has 1 rings (SSSR count). The fourth-order valence-electron chi connectivity index (χ4n) is 1.39. The second kappa shape index (κ2) is 5.58. The van der Waals surface area contributed by atoms with Crippen LogP contribution >= 0.6 is 0 Å². The predicted octanol–water partition coefficient (Wildman–Crippen LogP) is 1.05. The highest BCUT2D eigenvalue weighted by Gasteiger charge is 2.08. The molecule has 0 saturated carbocycles. The molecule has 0 unspecified atom stereocenters. The molecule has 0 fully saturated rings. The van der Waals surface area contributed by atoms with Crippen molar-refractivity contribution >= 4 is 0 Å². The zero-order valence-electron chi connectivity index (χ0n) is 9.19. The van der Waals surface area contributed by atoms with Crippen LogP contribution in [0.15, 0.2) is 18.2 Å². The minimum Gasteiger partial charge on any atom is -0.497 e. The normalized spacial score (nSPS) is 12.3. The van der Waals surface area contributed by atoms with E-state index in [0.29, 0.717) is 6.54 Å². The van der Waals surface area contributed by atoms with Gasteiger partial charge in [0, 0.05) is 12.1 Å². The first-order chi connectivity index (χ1) is 7.21. The smallest absolute Gasteiger partial charge is 0.122 e. The highest BCUT2D eigenvalue weighted by atomic mass is 16.5. The number of hydrogen-bond donors (Lipinski definition) is 2. The third-order valence-corrected chi connectivity index (χ3v) is 2.28. The molecule has 0 saturated heterocycles. The third kappa shape index (κ3) is 3.11. The topological polar surface area (TPSA) is 70.5 Å². The molecule has 84 valence electrons. The Balaban J connectivity index is 2.95. The molecule has 0 aromatic heterocycles. The summed E-state index contributed by atoms with van der Waals surface area (Å²) in [4.78, 5) is 0. The zero-order chi connectivity index (χ0) is 11.3. The minimum atomic E-state index is -0.0704. The van der Waals surface area contributed by atoms with Gasteiger partial charge in [-0.25, -0.2) is 0 Å². The molecule has 15 heavy (non-hydrogen) atoms. The minimum absolute atomic E-state index is 0.0704. The Bertz CT molecular complexity index is 293. The monoisotopic (exact) mass is 210 g/mol. The average Bonchev–Trinajstić information content (AvgIpc) is 2.28. The third-order valence-electron chi connectivity index (χ3n) is 2.28. The lowest BCUT2D eigenvalue weighted by Gasteiger charge is -2.13. The van der Waals surface area contributed by atoms with E-state index in [4.69, 9.17) is 20.9 Å². The van der Waals surface area contributed by atoms with E-state index >= 15 is 0 Å². The fraction of sp³-hybridized carbons (Fsp3) is 0.455. The quantitative estimate of drug-likeness (QED) is 0.762. The molecular formula is C11H18N2O2. The van der Waals surface area contributed by atoms with E-state index in [-0.39, 0.29) is 6.04 Å². The van der Waals surface area contributed by atoms with Crippen LogP contribution < -0.4 is 20.9 Å². The maximum Gasteiger partial charge on any atom is 0.122 e. The second-order valence-electron chi connectivity index (χ2n) is 3.33. The van der Waals surface area contributed by atoms with Gasteiger partial charge in [0.15, 0.2) is 0 Å². The Morgan fingerprint density at radius 2 is 1.67 bits per heavy atom. The van der Waals surface area contributed by atoms with Gasteiger partial charge in [0.05, 0.1) is 14.2 Å². The van der Waals surface area contributed by atoms with Crippen molar-refractivity contribution in [3.05, 3.63) is 23.8 Å². The van der Waals surface area contributed by atoms with Gasteiger partial charge in [0.2, 0.25) is 0 Å². The Kier molecular flexibility index (Phi) is 4.39. The van der Waals surface area contributed by atoms with Gasteiger partial charge in [0.25, 0.3) is 0 Å². The first-order valence-corrected chi connectivity index (χ1v) is 4.90. The molecular weight excluding hydrogens is 192 g/mol. The molecule has 4 heteroatoms. The molecule has 0 radical (unpaired) electrons. The van der Waals surface area contributed by atoms with E-state index in [1.165, 1.54) is 0 Å². The molecule has 1 atom stereocenters. The van der Waals surface area contributed by atoms with Gasteiger partial charge in [0.1, 0.15) is 11.5 Å². The summed E-state index contributed by atoms with van der Waals surface area (Å²) in [6, 6.07) is 5.56. The molecule has 0 aliphatic heterocycles. The fourth-order valence-corrected chi connectivity index (χ4v) is 1.39.